The molecule has 5 aromatic carbocycles. The Bertz CT molecular complexity index is 2130. The van der Waals surface area contributed by atoms with E-state index in [1.165, 1.54) is 20.2 Å². The summed E-state index contributed by atoms with van der Waals surface area (Å²) in [6.45, 7) is 0. The first-order chi connectivity index (χ1) is 19.3. The Balaban J connectivity index is 1.56. The minimum Gasteiger partial charge on any atom is -0.277 e. The lowest BCUT2D eigenvalue weighted by Crippen LogP contribution is -2.06. The van der Waals surface area contributed by atoms with E-state index >= 15 is 0 Å². The summed E-state index contributed by atoms with van der Waals surface area (Å²) in [4.78, 5) is 15.1. The van der Waals surface area contributed by atoms with Crippen molar-refractivity contribution >= 4 is 69.2 Å². The molecular formula is C33H19BrN4S. The lowest BCUT2D eigenvalue weighted by Gasteiger charge is -2.11. The van der Waals surface area contributed by atoms with Crippen LogP contribution in [0.2, 0.25) is 0 Å². The fourth-order valence-electron chi connectivity index (χ4n) is 5.40. The summed E-state index contributed by atoms with van der Waals surface area (Å²) >= 11 is 5.70. The molecule has 8 rings (SSSR count). The molecule has 0 amide bonds. The van der Waals surface area contributed by atoms with Gasteiger partial charge < -0.3 is 0 Å². The smallest absolute Gasteiger partial charge is 0.238 e. The van der Waals surface area contributed by atoms with E-state index in [1.54, 1.807) is 11.3 Å². The standard InChI is InChI=1S/C33H19BrN4S/c34-25-19-24-22-15-7-9-17-26(22)38(29(24)28-23-16-8-10-18-27(23)39-30(25)28)33-36-31(20-11-3-1-4-12-20)35-32(37-33)21-13-5-2-6-14-21/h1-19H. The third-order valence-corrected chi connectivity index (χ3v) is 9.21. The normalized spacial score (nSPS) is 11.7. The van der Waals surface area contributed by atoms with Gasteiger partial charge in [-0.15, -0.1) is 11.3 Å². The number of thiophene rings is 1. The van der Waals surface area contributed by atoms with Gasteiger partial charge in [0.15, 0.2) is 11.6 Å². The molecule has 0 N–H and O–H groups in total. The third kappa shape index (κ3) is 3.52. The summed E-state index contributed by atoms with van der Waals surface area (Å²) in [5.74, 6) is 1.90. The fraction of sp³-hybridized carbons (Fsp3) is 0. The van der Waals surface area contributed by atoms with E-state index in [9.17, 15) is 0 Å². The Morgan fingerprint density at radius 2 is 1.18 bits per heavy atom. The summed E-state index contributed by atoms with van der Waals surface area (Å²) in [5, 5.41) is 4.76. The zero-order valence-electron chi connectivity index (χ0n) is 20.5. The molecule has 0 fully saturated rings. The van der Waals surface area contributed by atoms with Crippen LogP contribution in [-0.2, 0) is 0 Å². The molecule has 0 radical (unpaired) electrons. The number of rotatable bonds is 3. The van der Waals surface area contributed by atoms with Gasteiger partial charge in [-0.25, -0.2) is 4.98 Å². The number of para-hydroxylation sites is 1. The Morgan fingerprint density at radius 3 is 1.87 bits per heavy atom. The summed E-state index contributed by atoms with van der Waals surface area (Å²) in [6, 6.07) is 39.6. The van der Waals surface area contributed by atoms with Gasteiger partial charge in [0, 0.05) is 41.8 Å². The molecule has 6 heteroatoms. The minimum absolute atomic E-state index is 0.604. The first-order valence-electron chi connectivity index (χ1n) is 12.7. The van der Waals surface area contributed by atoms with E-state index in [4.69, 9.17) is 15.0 Å². The molecule has 0 aliphatic rings. The second kappa shape index (κ2) is 8.83. The zero-order chi connectivity index (χ0) is 25.9. The molecule has 4 nitrogen and oxygen atoms in total. The van der Waals surface area contributed by atoms with Crippen LogP contribution in [0.4, 0.5) is 0 Å². The second-order valence-corrected chi connectivity index (χ2v) is 11.3. The fourth-order valence-corrected chi connectivity index (χ4v) is 7.19. The van der Waals surface area contributed by atoms with Crippen molar-refractivity contribution in [3.8, 4) is 28.7 Å². The van der Waals surface area contributed by atoms with E-state index in [2.05, 4.69) is 75.1 Å². The maximum absolute atomic E-state index is 5.10. The molecule has 184 valence electrons. The van der Waals surface area contributed by atoms with Crippen molar-refractivity contribution in [3.63, 3.8) is 0 Å². The highest BCUT2D eigenvalue weighted by atomic mass is 79.9. The topological polar surface area (TPSA) is 43.6 Å². The highest BCUT2D eigenvalue weighted by molar-refractivity contribution is 9.10. The van der Waals surface area contributed by atoms with Crippen LogP contribution in [-0.4, -0.2) is 19.5 Å². The van der Waals surface area contributed by atoms with Gasteiger partial charge in [0.1, 0.15) is 0 Å². The number of benzene rings is 5. The van der Waals surface area contributed by atoms with Crippen LogP contribution in [0.3, 0.4) is 0 Å². The van der Waals surface area contributed by atoms with Crippen molar-refractivity contribution in [2.75, 3.05) is 0 Å². The van der Waals surface area contributed by atoms with Crippen LogP contribution in [0.5, 0.6) is 0 Å². The molecule has 3 heterocycles. The van der Waals surface area contributed by atoms with Crippen molar-refractivity contribution in [2.45, 2.75) is 0 Å². The van der Waals surface area contributed by atoms with Gasteiger partial charge in [-0.1, -0.05) is 97.1 Å². The summed E-state index contributed by atoms with van der Waals surface area (Å²) in [6.07, 6.45) is 0. The molecular weight excluding hydrogens is 564 g/mol. The van der Waals surface area contributed by atoms with Gasteiger partial charge in [0.25, 0.3) is 0 Å². The highest BCUT2D eigenvalue weighted by Gasteiger charge is 2.22. The zero-order valence-corrected chi connectivity index (χ0v) is 22.9. The van der Waals surface area contributed by atoms with Gasteiger partial charge in [0.2, 0.25) is 5.95 Å². The van der Waals surface area contributed by atoms with Crippen LogP contribution < -0.4 is 0 Å². The van der Waals surface area contributed by atoms with Crippen molar-refractivity contribution < 1.29 is 0 Å². The summed E-state index contributed by atoms with van der Waals surface area (Å²) in [5.41, 5.74) is 4.07. The van der Waals surface area contributed by atoms with Gasteiger partial charge in [-0.2, -0.15) is 9.97 Å². The number of halogens is 1. The average molecular weight is 584 g/mol. The molecule has 0 spiro atoms. The predicted octanol–water partition coefficient (Wildman–Crippen LogP) is 9.43. The monoisotopic (exact) mass is 582 g/mol. The molecule has 0 atom stereocenters. The molecule has 0 aliphatic carbocycles. The molecule has 3 aromatic heterocycles. The SMILES string of the molecule is Brc1cc2c3ccccc3n(-c3nc(-c4ccccc4)nc(-c4ccccc4)n3)c2c2c1sc1ccccc12. The van der Waals surface area contributed by atoms with E-state index in [0.717, 1.165) is 37.4 Å². The lowest BCUT2D eigenvalue weighted by molar-refractivity contribution is 0.955. The first-order valence-corrected chi connectivity index (χ1v) is 14.3. The molecule has 0 unspecified atom stereocenters. The maximum Gasteiger partial charge on any atom is 0.238 e. The second-order valence-electron chi connectivity index (χ2n) is 9.42. The predicted molar refractivity (Wildman–Crippen MR) is 166 cm³/mol. The van der Waals surface area contributed by atoms with Crippen molar-refractivity contribution in [3.05, 3.63) is 120 Å². The Kier molecular flexibility index (Phi) is 5.11. The van der Waals surface area contributed by atoms with Crippen molar-refractivity contribution in [2.24, 2.45) is 0 Å². The highest BCUT2D eigenvalue weighted by Crippen LogP contribution is 2.46. The summed E-state index contributed by atoms with van der Waals surface area (Å²) in [7, 11) is 0. The first kappa shape index (κ1) is 22.6. The quantitative estimate of drug-likeness (QED) is 0.208. The van der Waals surface area contributed by atoms with Gasteiger partial charge in [-0.3, -0.25) is 4.57 Å². The van der Waals surface area contributed by atoms with Crippen molar-refractivity contribution in [1.29, 1.82) is 0 Å². The molecule has 0 saturated carbocycles. The lowest BCUT2D eigenvalue weighted by atomic mass is 10.1. The van der Waals surface area contributed by atoms with E-state index in [1.807, 2.05) is 60.7 Å². The summed E-state index contributed by atoms with van der Waals surface area (Å²) < 4.78 is 5.79. The van der Waals surface area contributed by atoms with Crippen LogP contribution in [0.1, 0.15) is 0 Å². The van der Waals surface area contributed by atoms with Gasteiger partial charge >= 0.3 is 0 Å². The third-order valence-electron chi connectivity index (χ3n) is 7.12. The number of fused-ring (bicyclic) bond motifs is 7. The molecule has 0 saturated heterocycles. The molecule has 8 aromatic rings. The Hall–Kier alpha value is -4.39. The van der Waals surface area contributed by atoms with Crippen molar-refractivity contribution in [1.82, 2.24) is 19.5 Å². The molecule has 0 aliphatic heterocycles. The van der Waals surface area contributed by atoms with Crippen LogP contribution >= 0.6 is 27.3 Å². The Labute approximate surface area is 236 Å². The van der Waals surface area contributed by atoms with Crippen LogP contribution in [0.15, 0.2) is 120 Å². The largest absolute Gasteiger partial charge is 0.277 e. The number of hydrogen-bond acceptors (Lipinski definition) is 4. The van der Waals surface area contributed by atoms with Gasteiger partial charge in [-0.05, 0) is 34.1 Å². The van der Waals surface area contributed by atoms with Crippen LogP contribution in [0, 0.1) is 0 Å². The van der Waals surface area contributed by atoms with E-state index in [0.29, 0.717) is 17.6 Å². The van der Waals surface area contributed by atoms with Gasteiger partial charge in [0.05, 0.1) is 15.7 Å². The number of nitrogens with zero attached hydrogens (tertiary/aromatic N) is 4. The van der Waals surface area contributed by atoms with E-state index < -0.39 is 0 Å². The van der Waals surface area contributed by atoms with Crippen LogP contribution in [0.25, 0.3) is 70.7 Å². The molecule has 0 bridgehead atoms. The van der Waals surface area contributed by atoms with E-state index in [-0.39, 0.29) is 0 Å². The average Bonchev–Trinajstić information content (AvgIpc) is 3.54. The molecule has 39 heavy (non-hydrogen) atoms. The Morgan fingerprint density at radius 1 is 0.590 bits per heavy atom. The minimum atomic E-state index is 0.604. The number of hydrogen-bond donors (Lipinski definition) is 0. The maximum atomic E-state index is 5.10. The number of aromatic nitrogens is 4.